The third kappa shape index (κ3) is 6.64. The van der Waals surface area contributed by atoms with Gasteiger partial charge in [-0.1, -0.05) is 54.6 Å². The number of aromatic carboxylic acids is 1. The highest BCUT2D eigenvalue weighted by Gasteiger charge is 2.32. The van der Waals surface area contributed by atoms with Gasteiger partial charge in [0.1, 0.15) is 0 Å². The summed E-state index contributed by atoms with van der Waals surface area (Å²) in [6, 6.07) is 23.2. The number of hydrogen-bond acceptors (Lipinski definition) is 3. The number of amides is 2. The Hall–Kier alpha value is -3.93. The second-order valence-electron chi connectivity index (χ2n) is 11.1. The zero-order chi connectivity index (χ0) is 27.4. The molecule has 0 aliphatic heterocycles. The number of benzene rings is 3. The Morgan fingerprint density at radius 2 is 1.00 bits per heavy atom. The smallest absolute Gasteiger partial charge is 0.336 e. The molecule has 194 valence electrons. The monoisotopic (exact) mass is 500 g/mol. The SMILES string of the molecule is CC(C)(C)N(Cc1ccccc1C(=O)N(Cc1ccccc1C(=O)O)C(C)(C)C)C(=O)c1ccccc1. The molecule has 0 fully saturated rings. The van der Waals surface area contributed by atoms with E-state index < -0.39 is 17.0 Å². The van der Waals surface area contributed by atoms with E-state index in [1.54, 1.807) is 52.3 Å². The molecular formula is C31H36N2O4. The fourth-order valence-corrected chi connectivity index (χ4v) is 4.18. The summed E-state index contributed by atoms with van der Waals surface area (Å²) < 4.78 is 0. The number of nitrogens with zero attached hydrogens (tertiary/aromatic N) is 2. The summed E-state index contributed by atoms with van der Waals surface area (Å²) in [5, 5.41) is 9.66. The average molecular weight is 501 g/mol. The quantitative estimate of drug-likeness (QED) is 0.415. The molecule has 0 saturated carbocycles. The van der Waals surface area contributed by atoms with Crippen LogP contribution >= 0.6 is 0 Å². The lowest BCUT2D eigenvalue weighted by atomic mass is 9.97. The van der Waals surface area contributed by atoms with Crippen molar-refractivity contribution in [2.75, 3.05) is 0 Å². The lowest BCUT2D eigenvalue weighted by Gasteiger charge is -2.38. The molecule has 0 spiro atoms. The van der Waals surface area contributed by atoms with Gasteiger partial charge in [-0.05, 0) is 76.9 Å². The van der Waals surface area contributed by atoms with Gasteiger partial charge < -0.3 is 14.9 Å². The van der Waals surface area contributed by atoms with E-state index in [9.17, 15) is 19.5 Å². The van der Waals surface area contributed by atoms with Crippen molar-refractivity contribution in [3.63, 3.8) is 0 Å². The summed E-state index contributed by atoms with van der Waals surface area (Å²) in [7, 11) is 0. The van der Waals surface area contributed by atoms with Crippen molar-refractivity contribution >= 4 is 17.8 Å². The van der Waals surface area contributed by atoms with Gasteiger partial charge in [0.25, 0.3) is 11.8 Å². The van der Waals surface area contributed by atoms with Gasteiger partial charge in [-0.2, -0.15) is 0 Å². The third-order valence-corrected chi connectivity index (χ3v) is 6.28. The van der Waals surface area contributed by atoms with Crippen molar-refractivity contribution in [3.8, 4) is 0 Å². The highest BCUT2D eigenvalue weighted by molar-refractivity contribution is 5.97. The first-order chi connectivity index (χ1) is 17.3. The minimum absolute atomic E-state index is 0.113. The Morgan fingerprint density at radius 3 is 1.49 bits per heavy atom. The average Bonchev–Trinajstić information content (AvgIpc) is 2.84. The summed E-state index contributed by atoms with van der Waals surface area (Å²) in [4.78, 5) is 42.8. The number of carbonyl (C=O) groups is 3. The van der Waals surface area contributed by atoms with E-state index in [1.165, 1.54) is 0 Å². The minimum atomic E-state index is -1.03. The molecule has 0 bridgehead atoms. The molecule has 37 heavy (non-hydrogen) atoms. The van der Waals surface area contributed by atoms with Gasteiger partial charge in [-0.15, -0.1) is 0 Å². The van der Waals surface area contributed by atoms with Crippen molar-refractivity contribution in [3.05, 3.63) is 107 Å². The molecule has 0 atom stereocenters. The molecular weight excluding hydrogens is 464 g/mol. The molecule has 3 rings (SSSR count). The van der Waals surface area contributed by atoms with E-state index in [1.807, 2.05) is 77.9 Å². The van der Waals surface area contributed by atoms with E-state index in [0.29, 0.717) is 16.7 Å². The van der Waals surface area contributed by atoms with Crippen molar-refractivity contribution in [1.82, 2.24) is 9.80 Å². The van der Waals surface area contributed by atoms with Gasteiger partial charge in [-0.25, -0.2) is 4.79 Å². The fraction of sp³-hybridized carbons (Fsp3) is 0.323. The fourth-order valence-electron chi connectivity index (χ4n) is 4.18. The Kier molecular flexibility index (Phi) is 8.22. The van der Waals surface area contributed by atoms with Crippen LogP contribution in [0.2, 0.25) is 0 Å². The standard InChI is InChI=1S/C31H36N2O4/c1-30(2,3)32(27(34)22-14-8-7-9-15-22)20-23-16-10-12-18-25(23)28(35)33(31(4,5)6)21-24-17-11-13-19-26(24)29(36)37/h7-19H,20-21H2,1-6H3,(H,36,37). The number of carboxylic acid groups (broad SMARTS) is 1. The van der Waals surface area contributed by atoms with Crippen LogP contribution < -0.4 is 0 Å². The molecule has 0 heterocycles. The first-order valence-electron chi connectivity index (χ1n) is 12.4. The molecule has 0 radical (unpaired) electrons. The zero-order valence-electron chi connectivity index (χ0n) is 22.5. The van der Waals surface area contributed by atoms with E-state index >= 15 is 0 Å². The highest BCUT2D eigenvalue weighted by atomic mass is 16.4. The van der Waals surface area contributed by atoms with E-state index in [4.69, 9.17) is 0 Å². The Bertz CT molecular complexity index is 1270. The summed E-state index contributed by atoms with van der Waals surface area (Å²) in [6.45, 7) is 12.1. The van der Waals surface area contributed by atoms with Crippen LogP contribution in [0.25, 0.3) is 0 Å². The molecule has 6 heteroatoms. The van der Waals surface area contributed by atoms with Gasteiger partial charge in [-0.3, -0.25) is 9.59 Å². The lowest BCUT2D eigenvalue weighted by Crippen LogP contribution is -2.47. The van der Waals surface area contributed by atoms with Crippen molar-refractivity contribution in [2.45, 2.75) is 65.7 Å². The molecule has 6 nitrogen and oxygen atoms in total. The first-order valence-corrected chi connectivity index (χ1v) is 12.4. The van der Waals surface area contributed by atoms with Crippen molar-refractivity contribution in [1.29, 1.82) is 0 Å². The molecule has 0 unspecified atom stereocenters. The van der Waals surface area contributed by atoms with E-state index in [0.717, 1.165) is 5.56 Å². The van der Waals surface area contributed by atoms with Crippen LogP contribution in [-0.4, -0.2) is 43.8 Å². The lowest BCUT2D eigenvalue weighted by molar-refractivity contribution is 0.0520. The predicted octanol–water partition coefficient (Wildman–Crippen LogP) is 6.27. The van der Waals surface area contributed by atoms with Crippen LogP contribution in [0.15, 0.2) is 78.9 Å². The first kappa shape index (κ1) is 27.7. The number of hydrogen-bond donors (Lipinski definition) is 1. The van der Waals surface area contributed by atoms with Gasteiger partial charge >= 0.3 is 5.97 Å². The molecule has 1 N–H and O–H groups in total. The Balaban J connectivity index is 2.01. The second-order valence-corrected chi connectivity index (χ2v) is 11.1. The van der Waals surface area contributed by atoms with E-state index in [-0.39, 0.29) is 30.5 Å². The van der Waals surface area contributed by atoms with Gasteiger partial charge in [0.05, 0.1) is 5.56 Å². The maximum atomic E-state index is 14.0. The molecule has 0 aliphatic rings. The molecule has 0 aromatic heterocycles. The van der Waals surface area contributed by atoms with Crippen LogP contribution in [0.1, 0.15) is 83.7 Å². The predicted molar refractivity (Wildman–Crippen MR) is 146 cm³/mol. The van der Waals surface area contributed by atoms with Crippen molar-refractivity contribution in [2.24, 2.45) is 0 Å². The van der Waals surface area contributed by atoms with E-state index in [2.05, 4.69) is 0 Å². The van der Waals surface area contributed by atoms with Gasteiger partial charge in [0.2, 0.25) is 0 Å². The number of carboxylic acids is 1. The van der Waals surface area contributed by atoms with Crippen molar-refractivity contribution < 1.29 is 19.5 Å². The summed E-state index contributed by atoms with van der Waals surface area (Å²) >= 11 is 0. The molecule has 3 aromatic carbocycles. The summed E-state index contributed by atoms with van der Waals surface area (Å²) in [5.74, 6) is -1.36. The normalized spacial score (nSPS) is 11.6. The summed E-state index contributed by atoms with van der Waals surface area (Å²) in [6.07, 6.45) is 0. The third-order valence-electron chi connectivity index (χ3n) is 6.28. The number of rotatable bonds is 7. The topological polar surface area (TPSA) is 77.9 Å². The molecule has 3 aromatic rings. The van der Waals surface area contributed by atoms with Crippen LogP contribution in [0, 0.1) is 0 Å². The molecule has 0 saturated heterocycles. The largest absolute Gasteiger partial charge is 0.478 e. The van der Waals surface area contributed by atoms with Crippen LogP contribution in [0.3, 0.4) is 0 Å². The van der Waals surface area contributed by atoms with Crippen LogP contribution in [0.5, 0.6) is 0 Å². The Labute approximate surface area is 219 Å². The summed E-state index contributed by atoms with van der Waals surface area (Å²) in [5.41, 5.74) is 1.46. The van der Waals surface area contributed by atoms with Crippen LogP contribution in [-0.2, 0) is 13.1 Å². The zero-order valence-corrected chi connectivity index (χ0v) is 22.5. The maximum absolute atomic E-state index is 14.0. The number of carbonyl (C=O) groups excluding carboxylic acids is 2. The minimum Gasteiger partial charge on any atom is -0.478 e. The van der Waals surface area contributed by atoms with Gasteiger partial charge in [0, 0.05) is 35.3 Å². The molecule has 2 amide bonds. The molecule has 0 aliphatic carbocycles. The maximum Gasteiger partial charge on any atom is 0.336 e. The highest BCUT2D eigenvalue weighted by Crippen LogP contribution is 2.27. The van der Waals surface area contributed by atoms with Crippen LogP contribution in [0.4, 0.5) is 0 Å². The second kappa shape index (κ2) is 11.0. The van der Waals surface area contributed by atoms with Gasteiger partial charge in [0.15, 0.2) is 0 Å². The Morgan fingerprint density at radius 1 is 0.595 bits per heavy atom.